The number of rotatable bonds is 6. The summed E-state index contributed by atoms with van der Waals surface area (Å²) in [5.74, 6) is 0.536. The summed E-state index contributed by atoms with van der Waals surface area (Å²) >= 11 is 5.82. The third kappa shape index (κ3) is 3.84. The lowest BCUT2D eigenvalue weighted by molar-refractivity contribution is 0.388. The van der Waals surface area contributed by atoms with Gasteiger partial charge in [0.25, 0.3) is 0 Å². The Morgan fingerprint density at radius 3 is 2.29 bits per heavy atom. The minimum atomic E-state index is -3.95. The van der Waals surface area contributed by atoms with Crippen molar-refractivity contribution in [2.75, 3.05) is 27.3 Å². The van der Waals surface area contributed by atoms with Crippen LogP contribution in [0.2, 0.25) is 5.02 Å². The second-order valence-corrected chi connectivity index (χ2v) is 10.9. The number of methoxy groups -OCH3 is 2. The van der Waals surface area contributed by atoms with E-state index in [1.54, 1.807) is 6.07 Å². The Morgan fingerprint density at radius 1 is 1.00 bits per heavy atom. The summed E-state index contributed by atoms with van der Waals surface area (Å²) in [6, 6.07) is 10.3. The monoisotopic (exact) mass is 445 g/mol. The van der Waals surface area contributed by atoms with Gasteiger partial charge in [-0.1, -0.05) is 11.6 Å². The molecule has 3 rings (SSSR count). The standard InChI is InChI=1S/C18H20ClNO6S2/c1-25-14-5-8-17(26-2)18(11-14)28(23,24)20-10-9-16(12-20)27(21,22)15-6-3-13(19)4-7-15/h3-8,11,16H,9-10,12H2,1-2H3/t16-/m1/s1. The van der Waals surface area contributed by atoms with Gasteiger partial charge in [-0.05, 0) is 42.8 Å². The molecule has 7 nitrogen and oxygen atoms in total. The molecule has 1 saturated heterocycles. The van der Waals surface area contributed by atoms with Gasteiger partial charge in [0.05, 0.1) is 24.4 Å². The van der Waals surface area contributed by atoms with Crippen molar-refractivity contribution in [1.82, 2.24) is 4.31 Å². The highest BCUT2D eigenvalue weighted by atomic mass is 35.5. The molecule has 0 unspecified atom stereocenters. The van der Waals surface area contributed by atoms with E-state index in [0.29, 0.717) is 10.8 Å². The molecular weight excluding hydrogens is 426 g/mol. The van der Waals surface area contributed by atoms with Crippen molar-refractivity contribution in [3.63, 3.8) is 0 Å². The van der Waals surface area contributed by atoms with E-state index in [1.165, 1.54) is 54.9 Å². The Balaban J connectivity index is 1.90. The van der Waals surface area contributed by atoms with Crippen LogP contribution in [0.4, 0.5) is 0 Å². The maximum atomic E-state index is 13.1. The molecule has 152 valence electrons. The number of hydrogen-bond acceptors (Lipinski definition) is 6. The highest BCUT2D eigenvalue weighted by Crippen LogP contribution is 2.34. The first kappa shape index (κ1) is 20.9. The zero-order valence-electron chi connectivity index (χ0n) is 15.3. The van der Waals surface area contributed by atoms with E-state index in [1.807, 2.05) is 0 Å². The molecule has 0 N–H and O–H groups in total. The van der Waals surface area contributed by atoms with Gasteiger partial charge >= 0.3 is 0 Å². The molecule has 1 heterocycles. The van der Waals surface area contributed by atoms with E-state index in [-0.39, 0.29) is 35.1 Å². The Morgan fingerprint density at radius 2 is 1.68 bits per heavy atom. The first-order valence-electron chi connectivity index (χ1n) is 8.42. The van der Waals surface area contributed by atoms with Gasteiger partial charge in [0.2, 0.25) is 10.0 Å². The minimum Gasteiger partial charge on any atom is -0.497 e. The highest BCUT2D eigenvalue weighted by molar-refractivity contribution is 7.92. The lowest BCUT2D eigenvalue weighted by atomic mass is 10.3. The second-order valence-electron chi connectivity index (χ2n) is 6.29. The molecule has 0 saturated carbocycles. The van der Waals surface area contributed by atoms with Gasteiger partial charge in [-0.3, -0.25) is 0 Å². The summed E-state index contributed by atoms with van der Waals surface area (Å²) in [6.07, 6.45) is 0.205. The fraction of sp³-hybridized carbons (Fsp3) is 0.333. The van der Waals surface area contributed by atoms with E-state index < -0.39 is 25.1 Å². The third-order valence-electron chi connectivity index (χ3n) is 4.68. The predicted octanol–water partition coefficient (Wildman–Crippen LogP) is 2.59. The van der Waals surface area contributed by atoms with Gasteiger partial charge in [-0.15, -0.1) is 0 Å². The normalized spacial score (nSPS) is 18.2. The lowest BCUT2D eigenvalue weighted by Crippen LogP contribution is -2.32. The van der Waals surface area contributed by atoms with Crippen molar-refractivity contribution in [3.05, 3.63) is 47.5 Å². The van der Waals surface area contributed by atoms with Gasteiger partial charge in [-0.2, -0.15) is 4.31 Å². The molecule has 28 heavy (non-hydrogen) atoms. The van der Waals surface area contributed by atoms with Gasteiger partial charge in [-0.25, -0.2) is 16.8 Å². The molecule has 1 atom stereocenters. The number of halogens is 1. The fourth-order valence-corrected chi connectivity index (χ4v) is 6.69. The Labute approximate surface area is 169 Å². The summed E-state index contributed by atoms with van der Waals surface area (Å²) in [4.78, 5) is 0.0685. The molecule has 0 radical (unpaired) electrons. The average molecular weight is 446 g/mol. The van der Waals surface area contributed by atoms with Crippen molar-refractivity contribution in [2.24, 2.45) is 0 Å². The number of hydrogen-bond donors (Lipinski definition) is 0. The molecule has 0 bridgehead atoms. The zero-order valence-corrected chi connectivity index (χ0v) is 17.7. The first-order valence-corrected chi connectivity index (χ1v) is 11.8. The molecule has 0 spiro atoms. The van der Waals surface area contributed by atoms with Crippen LogP contribution in [0.25, 0.3) is 0 Å². The summed E-state index contributed by atoms with van der Waals surface area (Å²) < 4.78 is 63.4. The average Bonchev–Trinajstić information content (AvgIpc) is 3.20. The predicted molar refractivity (Wildman–Crippen MR) is 105 cm³/mol. The maximum Gasteiger partial charge on any atom is 0.246 e. The van der Waals surface area contributed by atoms with Crippen LogP contribution in [0.5, 0.6) is 11.5 Å². The molecule has 10 heteroatoms. The molecule has 0 aliphatic carbocycles. The SMILES string of the molecule is COc1ccc(OC)c(S(=O)(=O)N2CC[C@@H](S(=O)(=O)c3ccc(Cl)cc3)C2)c1. The fourth-order valence-electron chi connectivity index (χ4n) is 3.11. The number of sulfonamides is 1. The number of benzene rings is 2. The molecule has 0 aromatic heterocycles. The molecule has 1 aliphatic heterocycles. The number of nitrogens with zero attached hydrogens (tertiary/aromatic N) is 1. The number of sulfone groups is 1. The van der Waals surface area contributed by atoms with Gasteiger partial charge in [0.1, 0.15) is 16.4 Å². The lowest BCUT2D eigenvalue weighted by Gasteiger charge is -2.19. The van der Waals surface area contributed by atoms with Crippen molar-refractivity contribution < 1.29 is 26.3 Å². The van der Waals surface area contributed by atoms with Crippen LogP contribution in [0, 0.1) is 0 Å². The zero-order chi connectivity index (χ0) is 20.5. The van der Waals surface area contributed by atoms with Crippen LogP contribution in [0.1, 0.15) is 6.42 Å². The van der Waals surface area contributed by atoms with Crippen LogP contribution in [-0.2, 0) is 19.9 Å². The maximum absolute atomic E-state index is 13.1. The van der Waals surface area contributed by atoms with Crippen molar-refractivity contribution >= 4 is 31.5 Å². The summed E-state index contributed by atoms with van der Waals surface area (Å²) in [7, 11) is -4.83. The molecule has 0 amide bonds. The van der Waals surface area contributed by atoms with E-state index in [9.17, 15) is 16.8 Å². The van der Waals surface area contributed by atoms with Crippen LogP contribution in [0.3, 0.4) is 0 Å². The Hall–Kier alpha value is -1.81. The van der Waals surface area contributed by atoms with Crippen LogP contribution in [-0.4, -0.2) is 53.7 Å². The summed E-state index contributed by atoms with van der Waals surface area (Å²) in [5, 5.41) is -0.403. The van der Waals surface area contributed by atoms with Crippen molar-refractivity contribution in [1.29, 1.82) is 0 Å². The largest absolute Gasteiger partial charge is 0.497 e. The highest BCUT2D eigenvalue weighted by Gasteiger charge is 2.40. The topological polar surface area (TPSA) is 90.0 Å². The number of ether oxygens (including phenoxy) is 2. The van der Waals surface area contributed by atoms with Gasteiger partial charge < -0.3 is 9.47 Å². The quantitative estimate of drug-likeness (QED) is 0.678. The molecule has 1 aliphatic rings. The third-order valence-corrected chi connectivity index (χ3v) is 9.01. The minimum absolute atomic E-state index is 0.0566. The Kier molecular flexibility index (Phi) is 5.90. The summed E-state index contributed by atoms with van der Waals surface area (Å²) in [6.45, 7) is -0.0339. The van der Waals surface area contributed by atoms with Crippen molar-refractivity contribution in [2.45, 2.75) is 21.5 Å². The second kappa shape index (κ2) is 7.90. The smallest absolute Gasteiger partial charge is 0.246 e. The van der Waals surface area contributed by atoms with Crippen LogP contribution in [0.15, 0.2) is 52.3 Å². The van der Waals surface area contributed by atoms with E-state index in [0.717, 1.165) is 0 Å². The van der Waals surface area contributed by atoms with Crippen LogP contribution < -0.4 is 9.47 Å². The van der Waals surface area contributed by atoms with E-state index >= 15 is 0 Å². The van der Waals surface area contributed by atoms with Gasteiger partial charge in [0.15, 0.2) is 9.84 Å². The molecule has 2 aromatic rings. The Bertz CT molecular complexity index is 1070. The first-order chi connectivity index (χ1) is 13.2. The van der Waals surface area contributed by atoms with Crippen molar-refractivity contribution in [3.8, 4) is 11.5 Å². The molecule has 2 aromatic carbocycles. The van der Waals surface area contributed by atoms with Gasteiger partial charge in [0, 0.05) is 24.2 Å². The molecule has 1 fully saturated rings. The van der Waals surface area contributed by atoms with E-state index in [4.69, 9.17) is 21.1 Å². The molecular formula is C18H20ClNO6S2. The van der Waals surface area contributed by atoms with Crippen LogP contribution >= 0.6 is 11.6 Å². The summed E-state index contributed by atoms with van der Waals surface area (Å²) in [5.41, 5.74) is 0. The van der Waals surface area contributed by atoms with E-state index in [2.05, 4.69) is 0 Å².